The predicted molar refractivity (Wildman–Crippen MR) is 66.8 cm³/mol. The van der Waals surface area contributed by atoms with E-state index in [1.807, 2.05) is 6.92 Å². The third-order valence-corrected chi connectivity index (χ3v) is 2.87. The van der Waals surface area contributed by atoms with Gasteiger partial charge in [-0.05, 0) is 38.4 Å². The Morgan fingerprint density at radius 1 is 1.42 bits per heavy atom. The number of hydrogen-bond acceptors (Lipinski definition) is 3. The zero-order valence-corrected chi connectivity index (χ0v) is 11.1. The Kier molecular flexibility index (Phi) is 6.24. The SMILES string of the molecule is CCOCCCC(NC)c1cnccc1C(F)(F)F. The molecule has 0 aliphatic heterocycles. The van der Waals surface area contributed by atoms with Gasteiger partial charge in [-0.25, -0.2) is 0 Å². The van der Waals surface area contributed by atoms with Gasteiger partial charge < -0.3 is 10.1 Å². The minimum absolute atomic E-state index is 0.189. The van der Waals surface area contributed by atoms with Crippen LogP contribution in [0.25, 0.3) is 0 Å². The lowest BCUT2D eigenvalue weighted by Crippen LogP contribution is -2.21. The van der Waals surface area contributed by atoms with Crippen LogP contribution < -0.4 is 5.32 Å². The molecule has 1 N–H and O–H groups in total. The summed E-state index contributed by atoms with van der Waals surface area (Å²) in [6.45, 7) is 3.06. The molecule has 19 heavy (non-hydrogen) atoms. The van der Waals surface area contributed by atoms with Crippen molar-refractivity contribution in [1.29, 1.82) is 0 Å². The second-order valence-corrected chi connectivity index (χ2v) is 4.14. The van der Waals surface area contributed by atoms with E-state index in [9.17, 15) is 13.2 Å². The lowest BCUT2D eigenvalue weighted by molar-refractivity contribution is -0.138. The molecule has 0 aliphatic carbocycles. The van der Waals surface area contributed by atoms with E-state index in [0.29, 0.717) is 26.1 Å². The highest BCUT2D eigenvalue weighted by molar-refractivity contribution is 5.29. The standard InChI is InChI=1S/C13H19F3N2O/c1-3-19-8-4-5-12(17-2)10-9-18-7-6-11(10)13(14,15)16/h6-7,9,12,17H,3-5,8H2,1-2H3. The van der Waals surface area contributed by atoms with Gasteiger partial charge in [-0.1, -0.05) is 0 Å². The number of pyridine rings is 1. The molecule has 1 atom stereocenters. The first-order valence-electron chi connectivity index (χ1n) is 6.26. The highest BCUT2D eigenvalue weighted by Crippen LogP contribution is 2.35. The summed E-state index contributed by atoms with van der Waals surface area (Å²) in [7, 11) is 1.65. The van der Waals surface area contributed by atoms with Crippen molar-refractivity contribution in [3.63, 3.8) is 0 Å². The van der Waals surface area contributed by atoms with E-state index in [2.05, 4.69) is 10.3 Å². The van der Waals surface area contributed by atoms with Crippen LogP contribution in [0.2, 0.25) is 0 Å². The van der Waals surface area contributed by atoms with Crippen LogP contribution in [0.3, 0.4) is 0 Å². The van der Waals surface area contributed by atoms with Crippen LogP contribution in [0.1, 0.15) is 36.9 Å². The highest BCUT2D eigenvalue weighted by Gasteiger charge is 2.34. The summed E-state index contributed by atoms with van der Waals surface area (Å²) in [5.41, 5.74) is -0.438. The van der Waals surface area contributed by atoms with Crippen molar-refractivity contribution in [1.82, 2.24) is 10.3 Å². The van der Waals surface area contributed by atoms with Gasteiger partial charge in [0.1, 0.15) is 0 Å². The average Bonchev–Trinajstić information content (AvgIpc) is 2.38. The molecule has 0 aromatic carbocycles. The van der Waals surface area contributed by atoms with Gasteiger partial charge in [0.15, 0.2) is 0 Å². The van der Waals surface area contributed by atoms with Crippen molar-refractivity contribution in [2.45, 2.75) is 32.0 Å². The lowest BCUT2D eigenvalue weighted by atomic mass is 9.99. The summed E-state index contributed by atoms with van der Waals surface area (Å²) in [6.07, 6.45) is -0.631. The van der Waals surface area contributed by atoms with E-state index in [1.54, 1.807) is 7.05 Å². The molecule has 3 nitrogen and oxygen atoms in total. The largest absolute Gasteiger partial charge is 0.416 e. The van der Waals surface area contributed by atoms with Crippen molar-refractivity contribution in [2.24, 2.45) is 0 Å². The van der Waals surface area contributed by atoms with Gasteiger partial charge >= 0.3 is 6.18 Å². The Labute approximate surface area is 111 Å². The molecule has 0 amide bonds. The summed E-state index contributed by atoms with van der Waals surface area (Å²) in [4.78, 5) is 3.80. The van der Waals surface area contributed by atoms with Crippen LogP contribution in [0.15, 0.2) is 18.5 Å². The topological polar surface area (TPSA) is 34.1 Å². The Bertz CT molecular complexity index is 382. The molecule has 0 saturated heterocycles. The molecule has 0 aliphatic rings. The van der Waals surface area contributed by atoms with Crippen LogP contribution >= 0.6 is 0 Å². The second kappa shape index (κ2) is 7.45. The maximum atomic E-state index is 12.9. The zero-order valence-electron chi connectivity index (χ0n) is 11.1. The fraction of sp³-hybridized carbons (Fsp3) is 0.615. The van der Waals surface area contributed by atoms with Gasteiger partial charge in [0.25, 0.3) is 0 Å². The molecule has 1 aromatic rings. The van der Waals surface area contributed by atoms with E-state index in [0.717, 1.165) is 6.07 Å². The maximum absolute atomic E-state index is 12.9. The normalized spacial score (nSPS) is 13.5. The van der Waals surface area contributed by atoms with E-state index < -0.39 is 11.7 Å². The van der Waals surface area contributed by atoms with E-state index in [-0.39, 0.29) is 11.6 Å². The summed E-state index contributed by atoms with van der Waals surface area (Å²) < 4.78 is 43.9. The molecule has 1 aromatic heterocycles. The quantitative estimate of drug-likeness (QED) is 0.777. The smallest absolute Gasteiger partial charge is 0.382 e. The highest BCUT2D eigenvalue weighted by atomic mass is 19.4. The first-order chi connectivity index (χ1) is 9.00. The minimum atomic E-state index is -4.35. The number of halogens is 3. The summed E-state index contributed by atoms with van der Waals surface area (Å²) in [5.74, 6) is 0. The molecular formula is C13H19F3N2O. The Morgan fingerprint density at radius 3 is 2.74 bits per heavy atom. The number of nitrogens with zero attached hydrogens (tertiary/aromatic N) is 1. The Morgan fingerprint density at radius 2 is 2.16 bits per heavy atom. The molecule has 0 bridgehead atoms. The molecule has 0 radical (unpaired) electrons. The van der Waals surface area contributed by atoms with Crippen LogP contribution in [0.5, 0.6) is 0 Å². The number of ether oxygens (including phenoxy) is 1. The molecule has 108 valence electrons. The van der Waals surface area contributed by atoms with Crippen LogP contribution in [-0.2, 0) is 10.9 Å². The van der Waals surface area contributed by atoms with Crippen molar-refractivity contribution in [3.8, 4) is 0 Å². The fourth-order valence-corrected chi connectivity index (χ4v) is 1.93. The third-order valence-electron chi connectivity index (χ3n) is 2.87. The molecule has 0 fully saturated rings. The van der Waals surface area contributed by atoms with Gasteiger partial charge in [-0.3, -0.25) is 4.98 Å². The number of rotatable bonds is 7. The van der Waals surface area contributed by atoms with Gasteiger partial charge in [-0.2, -0.15) is 13.2 Å². The molecule has 0 saturated carbocycles. The molecule has 0 spiro atoms. The summed E-state index contributed by atoms with van der Waals surface area (Å²) in [5, 5.41) is 2.91. The number of nitrogens with one attached hydrogen (secondary N) is 1. The van der Waals surface area contributed by atoms with Crippen molar-refractivity contribution in [3.05, 3.63) is 29.6 Å². The van der Waals surface area contributed by atoms with Crippen LogP contribution in [0.4, 0.5) is 13.2 Å². The van der Waals surface area contributed by atoms with Crippen LogP contribution in [-0.4, -0.2) is 25.2 Å². The third kappa shape index (κ3) is 4.80. The van der Waals surface area contributed by atoms with Gasteiger partial charge in [0, 0.05) is 31.6 Å². The first kappa shape index (κ1) is 15.9. The van der Waals surface area contributed by atoms with E-state index in [1.165, 1.54) is 12.4 Å². The summed E-state index contributed by atoms with van der Waals surface area (Å²) in [6, 6.07) is 0.646. The van der Waals surface area contributed by atoms with Crippen molar-refractivity contribution in [2.75, 3.05) is 20.3 Å². The van der Waals surface area contributed by atoms with E-state index >= 15 is 0 Å². The number of hydrogen-bond donors (Lipinski definition) is 1. The number of aromatic nitrogens is 1. The average molecular weight is 276 g/mol. The van der Waals surface area contributed by atoms with Crippen molar-refractivity contribution < 1.29 is 17.9 Å². The number of alkyl halides is 3. The van der Waals surface area contributed by atoms with Crippen LogP contribution in [0, 0.1) is 0 Å². The predicted octanol–water partition coefficient (Wildman–Crippen LogP) is 3.18. The molecular weight excluding hydrogens is 257 g/mol. The second-order valence-electron chi connectivity index (χ2n) is 4.14. The minimum Gasteiger partial charge on any atom is -0.382 e. The summed E-state index contributed by atoms with van der Waals surface area (Å²) >= 11 is 0. The Balaban J connectivity index is 2.80. The van der Waals surface area contributed by atoms with E-state index in [4.69, 9.17) is 4.74 Å². The maximum Gasteiger partial charge on any atom is 0.416 e. The van der Waals surface area contributed by atoms with Gasteiger partial charge in [0.05, 0.1) is 5.56 Å². The fourth-order valence-electron chi connectivity index (χ4n) is 1.93. The lowest BCUT2D eigenvalue weighted by Gasteiger charge is -2.20. The molecule has 1 unspecified atom stereocenters. The first-order valence-corrected chi connectivity index (χ1v) is 6.26. The van der Waals surface area contributed by atoms with Crippen molar-refractivity contribution >= 4 is 0 Å². The molecule has 1 heterocycles. The monoisotopic (exact) mass is 276 g/mol. The van der Waals surface area contributed by atoms with Gasteiger partial charge in [0.2, 0.25) is 0 Å². The zero-order chi connectivity index (χ0) is 14.3. The van der Waals surface area contributed by atoms with Gasteiger partial charge in [-0.15, -0.1) is 0 Å². The Hall–Kier alpha value is -1.14. The molecule has 6 heteroatoms. The molecule has 1 rings (SSSR count).